The number of nitrogens with zero attached hydrogens (tertiary/aromatic N) is 1. The third-order valence-corrected chi connectivity index (χ3v) is 6.55. The van der Waals surface area contributed by atoms with Gasteiger partial charge in [0.2, 0.25) is 5.91 Å². The fourth-order valence-electron chi connectivity index (χ4n) is 4.94. The first-order valence-electron chi connectivity index (χ1n) is 11.2. The number of hydrogen-bond donors (Lipinski definition) is 2. The highest BCUT2D eigenvalue weighted by Gasteiger charge is 2.40. The van der Waals surface area contributed by atoms with Crippen LogP contribution in [0.4, 0.5) is 10.5 Å². The molecule has 3 aromatic carbocycles. The molecule has 1 aliphatic carbocycles. The quantitative estimate of drug-likeness (QED) is 0.606. The van der Waals surface area contributed by atoms with Crippen molar-refractivity contribution in [1.82, 2.24) is 5.32 Å². The zero-order valence-corrected chi connectivity index (χ0v) is 18.6. The van der Waals surface area contributed by atoms with E-state index in [9.17, 15) is 19.5 Å². The lowest BCUT2D eigenvalue weighted by Gasteiger charge is -2.26. The highest BCUT2D eigenvalue weighted by molar-refractivity contribution is 6.05. The van der Waals surface area contributed by atoms with Gasteiger partial charge < -0.3 is 15.2 Å². The van der Waals surface area contributed by atoms with Crippen molar-refractivity contribution in [3.8, 4) is 11.1 Å². The maximum absolute atomic E-state index is 13.1. The van der Waals surface area contributed by atoms with Crippen molar-refractivity contribution in [2.45, 2.75) is 31.3 Å². The Balaban J connectivity index is 1.27. The summed E-state index contributed by atoms with van der Waals surface area (Å²) >= 11 is 0. The zero-order chi connectivity index (χ0) is 23.8. The summed E-state index contributed by atoms with van der Waals surface area (Å²) in [4.78, 5) is 38.8. The van der Waals surface area contributed by atoms with E-state index >= 15 is 0 Å². The molecule has 0 saturated heterocycles. The molecule has 0 saturated carbocycles. The molecule has 1 aliphatic heterocycles. The molecule has 0 aromatic heterocycles. The summed E-state index contributed by atoms with van der Waals surface area (Å²) in [5, 5.41) is 12.2. The van der Waals surface area contributed by atoms with Crippen LogP contribution in [-0.4, -0.2) is 41.8 Å². The average molecular weight is 456 g/mol. The summed E-state index contributed by atoms with van der Waals surface area (Å²) in [5.41, 5.74) is 5.79. The van der Waals surface area contributed by atoms with E-state index in [0.717, 1.165) is 27.8 Å². The van der Waals surface area contributed by atoms with Crippen LogP contribution in [0.2, 0.25) is 0 Å². The molecule has 2 N–H and O–H groups in total. The van der Waals surface area contributed by atoms with E-state index in [-0.39, 0.29) is 18.9 Å². The number of alkyl carbamates (subject to hydrolysis) is 1. The van der Waals surface area contributed by atoms with Crippen LogP contribution in [0, 0.1) is 0 Å². The monoisotopic (exact) mass is 456 g/mol. The lowest BCUT2D eigenvalue weighted by atomic mass is 9.98. The van der Waals surface area contributed by atoms with Crippen molar-refractivity contribution < 1.29 is 24.2 Å². The largest absolute Gasteiger partial charge is 0.480 e. The molecular formula is C27H24N2O5. The van der Waals surface area contributed by atoms with Crippen molar-refractivity contribution >= 4 is 23.7 Å². The summed E-state index contributed by atoms with van der Waals surface area (Å²) in [5.74, 6) is -1.67. The molecule has 2 unspecified atom stereocenters. The van der Waals surface area contributed by atoms with E-state index in [2.05, 4.69) is 17.4 Å². The number of para-hydroxylation sites is 1. The lowest BCUT2D eigenvalue weighted by molar-refractivity contribution is -0.140. The average Bonchev–Trinajstić information content (AvgIpc) is 3.39. The van der Waals surface area contributed by atoms with Gasteiger partial charge in [-0.3, -0.25) is 9.69 Å². The lowest BCUT2D eigenvalue weighted by Crippen LogP contribution is -2.52. The molecule has 2 atom stereocenters. The highest BCUT2D eigenvalue weighted by Crippen LogP contribution is 2.44. The number of benzene rings is 3. The highest BCUT2D eigenvalue weighted by atomic mass is 16.5. The third-order valence-electron chi connectivity index (χ3n) is 6.55. The van der Waals surface area contributed by atoms with Gasteiger partial charge in [-0.25, -0.2) is 9.59 Å². The Kier molecular flexibility index (Phi) is 5.53. The van der Waals surface area contributed by atoms with Crippen LogP contribution >= 0.6 is 0 Å². The number of ether oxygens (including phenoxy) is 1. The molecular weight excluding hydrogens is 432 g/mol. The van der Waals surface area contributed by atoms with Gasteiger partial charge in [-0.05, 0) is 40.8 Å². The second kappa shape index (κ2) is 8.67. The number of amides is 2. The fourth-order valence-corrected chi connectivity index (χ4v) is 4.94. The van der Waals surface area contributed by atoms with Crippen molar-refractivity contribution in [1.29, 1.82) is 0 Å². The molecule has 0 bridgehead atoms. The van der Waals surface area contributed by atoms with Gasteiger partial charge in [-0.15, -0.1) is 0 Å². The zero-order valence-electron chi connectivity index (χ0n) is 18.6. The fraction of sp³-hybridized carbons (Fsp3) is 0.222. The minimum atomic E-state index is -1.09. The SMILES string of the molecule is CC(NC(=O)OCC1c2ccccc2-c2ccccc21)C(=O)N1c2ccccc2CC1C(=O)O. The van der Waals surface area contributed by atoms with Crippen LogP contribution in [0.25, 0.3) is 11.1 Å². The number of carboxylic acids is 1. The molecule has 7 heteroatoms. The van der Waals surface area contributed by atoms with Crippen molar-refractivity contribution in [3.63, 3.8) is 0 Å². The summed E-state index contributed by atoms with van der Waals surface area (Å²) in [6, 6.07) is 21.2. The van der Waals surface area contributed by atoms with Crippen molar-refractivity contribution in [3.05, 3.63) is 89.5 Å². The van der Waals surface area contributed by atoms with Crippen LogP contribution in [0.1, 0.15) is 29.5 Å². The van der Waals surface area contributed by atoms with Crippen LogP contribution in [0.3, 0.4) is 0 Å². The van der Waals surface area contributed by atoms with Gasteiger partial charge in [0.15, 0.2) is 0 Å². The Bertz CT molecular complexity index is 1240. The molecule has 7 nitrogen and oxygen atoms in total. The topological polar surface area (TPSA) is 95.9 Å². The van der Waals surface area contributed by atoms with Gasteiger partial charge in [-0.2, -0.15) is 0 Å². The smallest absolute Gasteiger partial charge is 0.407 e. The van der Waals surface area contributed by atoms with Crippen LogP contribution < -0.4 is 10.2 Å². The van der Waals surface area contributed by atoms with E-state index < -0.39 is 30.1 Å². The summed E-state index contributed by atoms with van der Waals surface area (Å²) in [6.07, 6.45) is -0.489. The summed E-state index contributed by atoms with van der Waals surface area (Å²) in [6.45, 7) is 1.66. The predicted octanol–water partition coefficient (Wildman–Crippen LogP) is 3.96. The van der Waals surface area contributed by atoms with E-state index in [0.29, 0.717) is 5.69 Å². The molecule has 5 rings (SSSR count). The first-order valence-corrected chi connectivity index (χ1v) is 11.2. The maximum Gasteiger partial charge on any atom is 0.407 e. The van der Waals surface area contributed by atoms with Gasteiger partial charge in [0, 0.05) is 18.0 Å². The van der Waals surface area contributed by atoms with Gasteiger partial charge >= 0.3 is 12.1 Å². The van der Waals surface area contributed by atoms with Crippen LogP contribution in [0.5, 0.6) is 0 Å². The van der Waals surface area contributed by atoms with Crippen molar-refractivity contribution in [2.75, 3.05) is 11.5 Å². The number of carbonyl (C=O) groups excluding carboxylic acids is 2. The second-order valence-corrected chi connectivity index (χ2v) is 8.59. The van der Waals surface area contributed by atoms with E-state index in [1.807, 2.05) is 48.5 Å². The summed E-state index contributed by atoms with van der Waals surface area (Å²) < 4.78 is 5.53. The first kappa shape index (κ1) is 21.7. The molecule has 2 aliphatic rings. The minimum Gasteiger partial charge on any atom is -0.480 e. The predicted molar refractivity (Wildman–Crippen MR) is 127 cm³/mol. The Morgan fingerprint density at radius 2 is 1.56 bits per heavy atom. The normalized spacial score (nSPS) is 16.9. The standard InChI is InChI=1S/C27H24N2O5/c1-16(25(30)29-23-13-7-2-8-17(23)14-24(29)26(31)32)28-27(33)34-15-22-20-11-5-3-9-18(20)19-10-4-6-12-21(19)22/h2-13,16,22,24H,14-15H2,1H3,(H,28,33)(H,31,32). The van der Waals surface area contributed by atoms with Crippen LogP contribution in [-0.2, 0) is 20.7 Å². The van der Waals surface area contributed by atoms with E-state index in [4.69, 9.17) is 4.74 Å². The van der Waals surface area contributed by atoms with Gasteiger partial charge in [0.1, 0.15) is 18.7 Å². The molecule has 0 spiro atoms. The number of anilines is 1. The molecule has 3 aromatic rings. The number of aliphatic carboxylic acids is 1. The number of hydrogen-bond acceptors (Lipinski definition) is 4. The molecule has 0 fully saturated rings. The number of nitrogens with one attached hydrogen (secondary N) is 1. The van der Waals surface area contributed by atoms with E-state index in [1.165, 1.54) is 11.8 Å². The molecule has 2 amide bonds. The number of rotatable bonds is 5. The molecule has 34 heavy (non-hydrogen) atoms. The third kappa shape index (κ3) is 3.69. The molecule has 1 heterocycles. The molecule has 0 radical (unpaired) electrons. The number of fused-ring (bicyclic) bond motifs is 4. The van der Waals surface area contributed by atoms with Gasteiger partial charge in [-0.1, -0.05) is 66.7 Å². The van der Waals surface area contributed by atoms with Gasteiger partial charge in [0.05, 0.1) is 0 Å². The Labute approximate surface area is 197 Å². The first-order chi connectivity index (χ1) is 16.5. The minimum absolute atomic E-state index is 0.0917. The Hall–Kier alpha value is -4.13. The van der Waals surface area contributed by atoms with Gasteiger partial charge in [0.25, 0.3) is 0 Å². The van der Waals surface area contributed by atoms with E-state index in [1.54, 1.807) is 12.1 Å². The number of carbonyl (C=O) groups is 3. The maximum atomic E-state index is 13.1. The second-order valence-electron chi connectivity index (χ2n) is 8.59. The van der Waals surface area contributed by atoms with Crippen molar-refractivity contribution in [2.24, 2.45) is 0 Å². The Morgan fingerprint density at radius 3 is 2.21 bits per heavy atom. The Morgan fingerprint density at radius 1 is 0.971 bits per heavy atom. The summed E-state index contributed by atoms with van der Waals surface area (Å²) in [7, 11) is 0. The molecule has 172 valence electrons. The number of carboxylic acid groups (broad SMARTS) is 1. The van der Waals surface area contributed by atoms with Crippen LogP contribution in [0.15, 0.2) is 72.8 Å².